The maximum absolute atomic E-state index is 13.5. The van der Waals surface area contributed by atoms with Gasteiger partial charge in [-0.3, -0.25) is 14.5 Å². The van der Waals surface area contributed by atoms with Crippen LogP contribution in [-0.4, -0.2) is 67.0 Å². The second-order valence-electron chi connectivity index (χ2n) is 6.22. The summed E-state index contributed by atoms with van der Waals surface area (Å²) >= 11 is 0. The number of para-hydroxylation sites is 1. The SMILES string of the molecule is O=C(CN1CCN(C(=O)COc2ccccc2F)CC1)NC1CC1. The summed E-state index contributed by atoms with van der Waals surface area (Å²) in [4.78, 5) is 27.7. The van der Waals surface area contributed by atoms with Gasteiger partial charge in [-0.05, 0) is 25.0 Å². The predicted octanol–water partition coefficient (Wildman–Crippen LogP) is 0.627. The average molecular weight is 335 g/mol. The molecular weight excluding hydrogens is 313 g/mol. The van der Waals surface area contributed by atoms with E-state index in [1.807, 2.05) is 4.90 Å². The number of rotatable bonds is 6. The van der Waals surface area contributed by atoms with Crippen molar-refractivity contribution in [3.8, 4) is 5.75 Å². The lowest BCUT2D eigenvalue weighted by Gasteiger charge is -2.34. The molecule has 1 aliphatic carbocycles. The van der Waals surface area contributed by atoms with Gasteiger partial charge in [0.15, 0.2) is 18.2 Å². The fourth-order valence-corrected chi connectivity index (χ4v) is 2.65. The first-order valence-corrected chi connectivity index (χ1v) is 8.28. The van der Waals surface area contributed by atoms with Crippen molar-refractivity contribution in [1.29, 1.82) is 0 Å². The van der Waals surface area contributed by atoms with Crippen LogP contribution in [0.2, 0.25) is 0 Å². The van der Waals surface area contributed by atoms with Gasteiger partial charge in [0, 0.05) is 32.2 Å². The Bertz CT molecular complexity index is 598. The van der Waals surface area contributed by atoms with Crippen molar-refractivity contribution in [1.82, 2.24) is 15.1 Å². The Labute approximate surface area is 140 Å². The first-order chi connectivity index (χ1) is 11.6. The predicted molar refractivity (Wildman–Crippen MR) is 86.1 cm³/mol. The van der Waals surface area contributed by atoms with Crippen molar-refractivity contribution in [2.45, 2.75) is 18.9 Å². The molecular formula is C17H22FN3O3. The van der Waals surface area contributed by atoms with Gasteiger partial charge in [0.1, 0.15) is 0 Å². The molecule has 6 nitrogen and oxygen atoms in total. The molecule has 1 aromatic rings. The molecule has 0 radical (unpaired) electrons. The number of nitrogens with one attached hydrogen (secondary N) is 1. The van der Waals surface area contributed by atoms with Crippen molar-refractivity contribution in [3.05, 3.63) is 30.1 Å². The zero-order valence-corrected chi connectivity index (χ0v) is 13.5. The second kappa shape index (κ2) is 7.61. The van der Waals surface area contributed by atoms with Gasteiger partial charge in [-0.2, -0.15) is 0 Å². The number of hydrogen-bond acceptors (Lipinski definition) is 4. The van der Waals surface area contributed by atoms with Crippen LogP contribution in [0.5, 0.6) is 5.75 Å². The number of benzene rings is 1. The molecule has 2 aliphatic rings. The molecule has 0 bridgehead atoms. The third-order valence-electron chi connectivity index (χ3n) is 4.22. The number of piperazine rings is 1. The zero-order chi connectivity index (χ0) is 16.9. The summed E-state index contributed by atoms with van der Waals surface area (Å²) in [7, 11) is 0. The van der Waals surface area contributed by atoms with E-state index in [1.165, 1.54) is 12.1 Å². The number of ether oxygens (including phenoxy) is 1. The van der Waals surface area contributed by atoms with Gasteiger partial charge >= 0.3 is 0 Å². The fraction of sp³-hybridized carbons (Fsp3) is 0.529. The molecule has 1 heterocycles. The van der Waals surface area contributed by atoms with E-state index < -0.39 is 5.82 Å². The van der Waals surface area contributed by atoms with Crippen molar-refractivity contribution >= 4 is 11.8 Å². The number of carbonyl (C=O) groups is 2. The molecule has 130 valence electrons. The molecule has 1 aromatic carbocycles. The largest absolute Gasteiger partial charge is 0.481 e. The Morgan fingerprint density at radius 3 is 2.54 bits per heavy atom. The summed E-state index contributed by atoms with van der Waals surface area (Å²) < 4.78 is 18.7. The van der Waals surface area contributed by atoms with Crippen molar-refractivity contribution in [2.24, 2.45) is 0 Å². The molecule has 1 N–H and O–H groups in total. The summed E-state index contributed by atoms with van der Waals surface area (Å²) in [6.07, 6.45) is 2.16. The summed E-state index contributed by atoms with van der Waals surface area (Å²) in [5.74, 6) is -0.501. The van der Waals surface area contributed by atoms with Gasteiger partial charge in [-0.15, -0.1) is 0 Å². The first-order valence-electron chi connectivity index (χ1n) is 8.28. The van der Waals surface area contributed by atoms with Crippen molar-refractivity contribution < 1.29 is 18.7 Å². The fourth-order valence-electron chi connectivity index (χ4n) is 2.65. The van der Waals surface area contributed by atoms with Crippen LogP contribution in [0, 0.1) is 5.82 Å². The van der Waals surface area contributed by atoms with E-state index in [1.54, 1.807) is 17.0 Å². The van der Waals surface area contributed by atoms with Crippen LogP contribution < -0.4 is 10.1 Å². The van der Waals surface area contributed by atoms with Gasteiger partial charge < -0.3 is 15.0 Å². The normalized spacial score (nSPS) is 18.3. The Morgan fingerprint density at radius 1 is 1.17 bits per heavy atom. The molecule has 2 fully saturated rings. The monoisotopic (exact) mass is 335 g/mol. The molecule has 2 amide bonds. The van der Waals surface area contributed by atoms with Crippen LogP contribution in [0.1, 0.15) is 12.8 Å². The maximum atomic E-state index is 13.5. The quantitative estimate of drug-likeness (QED) is 0.828. The minimum atomic E-state index is -0.475. The molecule has 0 unspecified atom stereocenters. The molecule has 1 aliphatic heterocycles. The van der Waals surface area contributed by atoms with Crippen LogP contribution >= 0.6 is 0 Å². The molecule has 3 rings (SSSR count). The highest BCUT2D eigenvalue weighted by atomic mass is 19.1. The van der Waals surface area contributed by atoms with Crippen molar-refractivity contribution in [2.75, 3.05) is 39.3 Å². The summed E-state index contributed by atoms with van der Waals surface area (Å²) in [5.41, 5.74) is 0. The van der Waals surface area contributed by atoms with E-state index in [0.29, 0.717) is 38.8 Å². The van der Waals surface area contributed by atoms with Gasteiger partial charge in [-0.1, -0.05) is 12.1 Å². The first kappa shape index (κ1) is 16.7. The highest BCUT2D eigenvalue weighted by Crippen LogP contribution is 2.18. The molecule has 24 heavy (non-hydrogen) atoms. The number of amides is 2. The Kier molecular flexibility index (Phi) is 5.30. The second-order valence-corrected chi connectivity index (χ2v) is 6.22. The van der Waals surface area contributed by atoms with Crippen LogP contribution in [0.3, 0.4) is 0 Å². The summed E-state index contributed by atoms with van der Waals surface area (Å²) in [6, 6.07) is 6.40. The van der Waals surface area contributed by atoms with E-state index >= 15 is 0 Å². The standard InChI is InChI=1S/C17H22FN3O3/c18-14-3-1-2-4-15(14)24-12-17(23)21-9-7-20(8-10-21)11-16(22)19-13-5-6-13/h1-4,13H,5-12H2,(H,19,22). The lowest BCUT2D eigenvalue weighted by molar-refractivity contribution is -0.135. The number of hydrogen-bond donors (Lipinski definition) is 1. The third kappa shape index (κ3) is 4.67. The molecule has 0 aromatic heterocycles. The smallest absolute Gasteiger partial charge is 0.260 e. The lowest BCUT2D eigenvalue weighted by Crippen LogP contribution is -2.52. The zero-order valence-electron chi connectivity index (χ0n) is 13.5. The van der Waals surface area contributed by atoms with E-state index in [4.69, 9.17) is 4.74 Å². The lowest BCUT2D eigenvalue weighted by atomic mass is 10.3. The van der Waals surface area contributed by atoms with E-state index in [-0.39, 0.29) is 24.2 Å². The summed E-state index contributed by atoms with van der Waals surface area (Å²) in [5, 5.41) is 2.96. The Hall–Kier alpha value is -2.15. The number of carbonyl (C=O) groups excluding carboxylic acids is 2. The molecule has 7 heteroatoms. The third-order valence-corrected chi connectivity index (χ3v) is 4.22. The topological polar surface area (TPSA) is 61.9 Å². The van der Waals surface area contributed by atoms with E-state index in [9.17, 15) is 14.0 Å². The van der Waals surface area contributed by atoms with Crippen LogP contribution in [-0.2, 0) is 9.59 Å². The highest BCUT2D eigenvalue weighted by Gasteiger charge is 2.26. The van der Waals surface area contributed by atoms with Gasteiger partial charge in [0.05, 0.1) is 6.54 Å². The van der Waals surface area contributed by atoms with E-state index in [2.05, 4.69) is 5.32 Å². The maximum Gasteiger partial charge on any atom is 0.260 e. The van der Waals surface area contributed by atoms with Crippen LogP contribution in [0.15, 0.2) is 24.3 Å². The van der Waals surface area contributed by atoms with Crippen molar-refractivity contribution in [3.63, 3.8) is 0 Å². The van der Waals surface area contributed by atoms with Crippen LogP contribution in [0.25, 0.3) is 0 Å². The average Bonchev–Trinajstić information content (AvgIpc) is 3.38. The molecule has 0 spiro atoms. The number of nitrogens with zero attached hydrogens (tertiary/aromatic N) is 2. The van der Waals surface area contributed by atoms with Gasteiger partial charge in [-0.25, -0.2) is 4.39 Å². The van der Waals surface area contributed by atoms with Crippen LogP contribution in [0.4, 0.5) is 4.39 Å². The highest BCUT2D eigenvalue weighted by molar-refractivity contribution is 5.79. The minimum Gasteiger partial charge on any atom is -0.481 e. The molecule has 1 saturated carbocycles. The Morgan fingerprint density at radius 2 is 1.88 bits per heavy atom. The molecule has 1 saturated heterocycles. The van der Waals surface area contributed by atoms with Gasteiger partial charge in [0.2, 0.25) is 5.91 Å². The number of halogens is 1. The summed E-state index contributed by atoms with van der Waals surface area (Å²) in [6.45, 7) is 2.62. The Balaban J connectivity index is 1.38. The minimum absolute atomic E-state index is 0.0557. The molecule has 0 atom stereocenters. The van der Waals surface area contributed by atoms with Gasteiger partial charge in [0.25, 0.3) is 5.91 Å². The van der Waals surface area contributed by atoms with E-state index in [0.717, 1.165) is 12.8 Å².